The fraction of sp³-hybridized carbons (Fsp3) is 0. The number of sulfonamides is 1. The molecule has 0 aliphatic rings. The van der Waals surface area contributed by atoms with Gasteiger partial charge in [0.05, 0.1) is 10.6 Å². The second-order valence-electron chi connectivity index (χ2n) is 5.68. The molecule has 0 spiro atoms. The Balaban J connectivity index is 2.30. The zero-order chi connectivity index (χ0) is 21.5. The van der Waals surface area contributed by atoms with Gasteiger partial charge in [-0.3, -0.25) is 4.72 Å². The zero-order valence-corrected chi connectivity index (χ0v) is 15.5. The minimum Gasteiger partial charge on any atom is -0.276 e. The smallest absolute Gasteiger partial charge is 0.262 e. The highest BCUT2D eigenvalue weighted by Gasteiger charge is 2.30. The molecular weight excluding hydrogens is 444 g/mol. The molecule has 152 valence electrons. The first kappa shape index (κ1) is 21.0. The van der Waals surface area contributed by atoms with Gasteiger partial charge in [0.25, 0.3) is 10.0 Å². The van der Waals surface area contributed by atoms with Crippen LogP contribution in [0, 0.1) is 34.9 Å². The van der Waals surface area contributed by atoms with E-state index in [2.05, 4.69) is 0 Å². The summed E-state index contributed by atoms with van der Waals surface area (Å²) < 4.78 is 110. The van der Waals surface area contributed by atoms with E-state index in [0.717, 1.165) is 12.1 Å². The maximum Gasteiger partial charge on any atom is 0.262 e. The summed E-state index contributed by atoms with van der Waals surface area (Å²) in [5.41, 5.74) is -3.42. The molecule has 0 aliphatic heterocycles. The van der Waals surface area contributed by atoms with Crippen molar-refractivity contribution >= 4 is 27.3 Å². The van der Waals surface area contributed by atoms with Gasteiger partial charge in [-0.05, 0) is 29.8 Å². The molecule has 0 saturated carbocycles. The Bertz CT molecular complexity index is 1200. The van der Waals surface area contributed by atoms with Crippen LogP contribution in [0.5, 0.6) is 0 Å². The van der Waals surface area contributed by atoms with Crippen molar-refractivity contribution in [2.75, 3.05) is 4.72 Å². The molecule has 3 aromatic rings. The zero-order valence-electron chi connectivity index (χ0n) is 13.9. The molecule has 0 saturated heterocycles. The van der Waals surface area contributed by atoms with Gasteiger partial charge in [-0.2, -0.15) is 0 Å². The fourth-order valence-electron chi connectivity index (χ4n) is 2.49. The molecule has 3 aromatic carbocycles. The van der Waals surface area contributed by atoms with E-state index in [1.54, 1.807) is 4.72 Å². The Morgan fingerprint density at radius 3 is 1.83 bits per heavy atom. The van der Waals surface area contributed by atoms with E-state index < -0.39 is 71.7 Å². The maximum atomic E-state index is 14.4. The number of nitrogens with one attached hydrogen (secondary N) is 1. The highest BCUT2D eigenvalue weighted by Crippen LogP contribution is 2.39. The first-order valence-electron chi connectivity index (χ1n) is 7.63. The number of benzene rings is 3. The van der Waals surface area contributed by atoms with E-state index in [4.69, 9.17) is 11.6 Å². The lowest BCUT2D eigenvalue weighted by atomic mass is 10.0. The quantitative estimate of drug-likeness (QED) is 0.317. The number of rotatable bonds is 4. The molecule has 0 amide bonds. The summed E-state index contributed by atoms with van der Waals surface area (Å²) in [6.07, 6.45) is 0. The van der Waals surface area contributed by atoms with Crippen molar-refractivity contribution in [3.63, 3.8) is 0 Å². The van der Waals surface area contributed by atoms with Gasteiger partial charge in [0.2, 0.25) is 0 Å². The second-order valence-corrected chi connectivity index (χ2v) is 7.74. The molecular formula is C18H8ClF6NO2S. The van der Waals surface area contributed by atoms with Gasteiger partial charge in [0.1, 0.15) is 16.7 Å². The van der Waals surface area contributed by atoms with Crippen LogP contribution in [0.3, 0.4) is 0 Å². The van der Waals surface area contributed by atoms with Gasteiger partial charge in [0, 0.05) is 5.56 Å². The minimum atomic E-state index is -4.60. The van der Waals surface area contributed by atoms with Gasteiger partial charge in [-0.1, -0.05) is 29.8 Å². The Morgan fingerprint density at radius 2 is 1.28 bits per heavy atom. The van der Waals surface area contributed by atoms with Crippen LogP contribution >= 0.6 is 11.6 Å². The summed E-state index contributed by atoms with van der Waals surface area (Å²) in [4.78, 5) is -0.413. The number of anilines is 1. The Kier molecular flexibility index (Phi) is 5.50. The maximum absolute atomic E-state index is 14.4. The van der Waals surface area contributed by atoms with Crippen molar-refractivity contribution in [3.05, 3.63) is 82.4 Å². The summed E-state index contributed by atoms with van der Waals surface area (Å²) in [6, 6.07) is 7.14. The van der Waals surface area contributed by atoms with E-state index >= 15 is 0 Å². The Morgan fingerprint density at radius 1 is 0.759 bits per heavy atom. The average Bonchev–Trinajstić information content (AvgIpc) is 2.69. The number of hydrogen-bond donors (Lipinski definition) is 1. The minimum absolute atomic E-state index is 0.413. The Hall–Kier alpha value is -2.72. The normalized spacial score (nSPS) is 11.6. The summed E-state index contributed by atoms with van der Waals surface area (Å²) in [5, 5.41) is -0.983. The van der Waals surface area contributed by atoms with Crippen LogP contribution < -0.4 is 4.72 Å². The standard InChI is InChI=1S/C18H8ClF6NO2S/c19-13-10(20)6-8(7-11(13)21)12-14(22)15(23)16(24)17(25)18(12)26-29(27,28)9-4-2-1-3-5-9/h1-7,26H. The van der Waals surface area contributed by atoms with Crippen LogP contribution in [0.15, 0.2) is 47.4 Å². The van der Waals surface area contributed by atoms with Crippen molar-refractivity contribution in [3.8, 4) is 11.1 Å². The van der Waals surface area contributed by atoms with Crippen molar-refractivity contribution in [1.82, 2.24) is 0 Å². The molecule has 11 heteroatoms. The third kappa shape index (κ3) is 3.77. The SMILES string of the molecule is O=S(=O)(Nc1c(F)c(F)c(F)c(F)c1-c1cc(F)c(Cl)c(F)c1)c1ccccc1. The molecule has 0 aromatic heterocycles. The van der Waals surface area contributed by atoms with Gasteiger partial charge >= 0.3 is 0 Å². The summed E-state index contributed by atoms with van der Waals surface area (Å²) in [6.45, 7) is 0. The lowest BCUT2D eigenvalue weighted by Gasteiger charge is -2.16. The molecule has 3 nitrogen and oxygen atoms in total. The van der Waals surface area contributed by atoms with E-state index in [0.29, 0.717) is 12.1 Å². The third-order valence-electron chi connectivity index (χ3n) is 3.83. The van der Waals surface area contributed by atoms with Crippen molar-refractivity contribution in [2.24, 2.45) is 0 Å². The van der Waals surface area contributed by atoms with Gasteiger partial charge in [0.15, 0.2) is 23.3 Å². The van der Waals surface area contributed by atoms with Crippen LogP contribution in [-0.4, -0.2) is 8.42 Å². The topological polar surface area (TPSA) is 46.2 Å². The molecule has 0 fully saturated rings. The highest BCUT2D eigenvalue weighted by atomic mass is 35.5. The molecule has 29 heavy (non-hydrogen) atoms. The van der Waals surface area contributed by atoms with Crippen LogP contribution in [0.2, 0.25) is 5.02 Å². The summed E-state index contributed by atoms with van der Waals surface area (Å²) in [7, 11) is -4.60. The van der Waals surface area contributed by atoms with E-state index in [-0.39, 0.29) is 0 Å². The van der Waals surface area contributed by atoms with Crippen LogP contribution in [0.25, 0.3) is 11.1 Å². The number of hydrogen-bond acceptors (Lipinski definition) is 2. The first-order chi connectivity index (χ1) is 13.5. The van der Waals surface area contributed by atoms with Crippen molar-refractivity contribution < 1.29 is 34.8 Å². The van der Waals surface area contributed by atoms with Gasteiger partial charge in [-0.15, -0.1) is 0 Å². The molecule has 0 atom stereocenters. The first-order valence-corrected chi connectivity index (χ1v) is 9.49. The van der Waals surface area contributed by atoms with Crippen LogP contribution in [-0.2, 0) is 10.0 Å². The Labute approximate surface area is 165 Å². The predicted molar refractivity (Wildman–Crippen MR) is 93.9 cm³/mol. The van der Waals surface area contributed by atoms with Gasteiger partial charge in [-0.25, -0.2) is 34.8 Å². The van der Waals surface area contributed by atoms with E-state index in [1.165, 1.54) is 18.2 Å². The second kappa shape index (κ2) is 7.60. The van der Waals surface area contributed by atoms with Crippen molar-refractivity contribution in [1.29, 1.82) is 0 Å². The summed E-state index contributed by atoms with van der Waals surface area (Å²) >= 11 is 5.33. The highest BCUT2D eigenvalue weighted by molar-refractivity contribution is 7.92. The third-order valence-corrected chi connectivity index (χ3v) is 5.56. The predicted octanol–water partition coefficient (Wildman–Crippen LogP) is 5.64. The lowest BCUT2D eigenvalue weighted by molar-refractivity contribution is 0.413. The molecule has 0 radical (unpaired) electrons. The molecule has 0 unspecified atom stereocenters. The molecule has 0 aliphatic carbocycles. The fourth-order valence-corrected chi connectivity index (χ4v) is 3.69. The molecule has 1 N–H and O–H groups in total. The lowest BCUT2D eigenvalue weighted by Crippen LogP contribution is -2.17. The largest absolute Gasteiger partial charge is 0.276 e. The summed E-state index contributed by atoms with van der Waals surface area (Å²) in [5.74, 6) is -11.6. The van der Waals surface area contributed by atoms with E-state index in [9.17, 15) is 34.8 Å². The monoisotopic (exact) mass is 451 g/mol. The van der Waals surface area contributed by atoms with Crippen LogP contribution in [0.1, 0.15) is 0 Å². The van der Waals surface area contributed by atoms with Crippen molar-refractivity contribution in [2.45, 2.75) is 4.90 Å². The molecule has 0 heterocycles. The van der Waals surface area contributed by atoms with Crippen LogP contribution in [0.4, 0.5) is 32.0 Å². The average molecular weight is 452 g/mol. The molecule has 0 bridgehead atoms. The molecule has 3 rings (SSSR count). The van der Waals surface area contributed by atoms with Gasteiger partial charge < -0.3 is 0 Å². The number of halogens is 7. The van der Waals surface area contributed by atoms with E-state index in [1.807, 2.05) is 0 Å².